The van der Waals surface area contributed by atoms with E-state index in [0.29, 0.717) is 12.7 Å². The Morgan fingerprint density at radius 3 is 2.48 bits per heavy atom. The van der Waals surface area contributed by atoms with Crippen LogP contribution in [-0.4, -0.2) is 26.9 Å². The maximum Gasteiger partial charge on any atom is 0.161 e. The van der Waals surface area contributed by atoms with Crippen LogP contribution in [-0.2, 0) is 4.74 Å². The van der Waals surface area contributed by atoms with Gasteiger partial charge in [0.25, 0.3) is 0 Å². The van der Waals surface area contributed by atoms with Gasteiger partial charge in [-0.1, -0.05) is 36.1 Å². The van der Waals surface area contributed by atoms with Crippen molar-refractivity contribution >= 4 is 0 Å². The van der Waals surface area contributed by atoms with Gasteiger partial charge in [-0.25, -0.2) is 0 Å². The van der Waals surface area contributed by atoms with E-state index in [1.54, 1.807) is 14.2 Å². The molecule has 0 saturated heterocycles. The molecular formula is C24H28O3. The van der Waals surface area contributed by atoms with Crippen molar-refractivity contribution in [1.82, 2.24) is 0 Å². The van der Waals surface area contributed by atoms with E-state index in [0.717, 1.165) is 41.9 Å². The molecule has 2 aromatic carbocycles. The Bertz CT molecular complexity index is 767. The molecule has 142 valence electrons. The first-order chi connectivity index (χ1) is 13.3. The minimum Gasteiger partial charge on any atom is -0.493 e. The molecule has 1 saturated carbocycles. The highest BCUT2D eigenvalue weighted by molar-refractivity contribution is 5.46. The fraction of sp³-hybridized carbons (Fsp3) is 0.417. The molecule has 1 aliphatic carbocycles. The lowest BCUT2D eigenvalue weighted by atomic mass is 9.95. The van der Waals surface area contributed by atoms with Crippen molar-refractivity contribution in [2.24, 2.45) is 0 Å². The summed E-state index contributed by atoms with van der Waals surface area (Å²) in [6, 6.07) is 16.3. The van der Waals surface area contributed by atoms with Gasteiger partial charge in [-0.05, 0) is 61.9 Å². The van der Waals surface area contributed by atoms with E-state index in [9.17, 15) is 0 Å². The first kappa shape index (κ1) is 19.3. The smallest absolute Gasteiger partial charge is 0.161 e. The SMILES string of the molecule is COCCC(C#Cc1ccccc1)c1ccc(OC)c(OC2CCCC2)c1. The third-order valence-corrected chi connectivity index (χ3v) is 4.96. The second-order valence-corrected chi connectivity index (χ2v) is 6.90. The number of benzene rings is 2. The van der Waals surface area contributed by atoms with Gasteiger partial charge in [-0.3, -0.25) is 0 Å². The third-order valence-electron chi connectivity index (χ3n) is 4.96. The Labute approximate surface area is 162 Å². The molecule has 0 bridgehead atoms. The van der Waals surface area contributed by atoms with Crippen LogP contribution in [0.25, 0.3) is 0 Å². The average Bonchev–Trinajstić information content (AvgIpc) is 3.22. The highest BCUT2D eigenvalue weighted by atomic mass is 16.5. The van der Waals surface area contributed by atoms with Crippen molar-refractivity contribution in [3.63, 3.8) is 0 Å². The summed E-state index contributed by atoms with van der Waals surface area (Å²) in [5, 5.41) is 0. The molecule has 0 aromatic heterocycles. The van der Waals surface area contributed by atoms with Gasteiger partial charge in [0.15, 0.2) is 11.5 Å². The number of methoxy groups -OCH3 is 2. The molecular weight excluding hydrogens is 336 g/mol. The summed E-state index contributed by atoms with van der Waals surface area (Å²) in [4.78, 5) is 0. The topological polar surface area (TPSA) is 27.7 Å². The summed E-state index contributed by atoms with van der Waals surface area (Å²) in [5.74, 6) is 8.41. The quantitative estimate of drug-likeness (QED) is 0.633. The maximum atomic E-state index is 6.25. The van der Waals surface area contributed by atoms with Crippen molar-refractivity contribution in [1.29, 1.82) is 0 Å². The van der Waals surface area contributed by atoms with Crippen LogP contribution in [0.1, 0.15) is 49.1 Å². The summed E-state index contributed by atoms with van der Waals surface area (Å²) in [7, 11) is 3.42. The van der Waals surface area contributed by atoms with E-state index in [1.807, 2.05) is 36.4 Å². The maximum absolute atomic E-state index is 6.25. The molecule has 0 spiro atoms. The van der Waals surface area contributed by atoms with Gasteiger partial charge in [0, 0.05) is 25.2 Å². The van der Waals surface area contributed by atoms with E-state index < -0.39 is 0 Å². The van der Waals surface area contributed by atoms with E-state index in [-0.39, 0.29) is 5.92 Å². The van der Waals surface area contributed by atoms with Gasteiger partial charge < -0.3 is 14.2 Å². The Balaban J connectivity index is 1.85. The molecule has 1 atom stereocenters. The Hall–Kier alpha value is -2.44. The summed E-state index contributed by atoms with van der Waals surface area (Å²) < 4.78 is 17.1. The highest BCUT2D eigenvalue weighted by Crippen LogP contribution is 2.35. The Kier molecular flexibility index (Phi) is 7.19. The van der Waals surface area contributed by atoms with E-state index in [1.165, 1.54) is 12.8 Å². The van der Waals surface area contributed by atoms with Crippen LogP contribution in [0.4, 0.5) is 0 Å². The molecule has 2 aromatic rings. The minimum atomic E-state index is 0.0852. The lowest BCUT2D eigenvalue weighted by molar-refractivity contribution is 0.191. The number of ether oxygens (including phenoxy) is 3. The molecule has 0 N–H and O–H groups in total. The zero-order chi connectivity index (χ0) is 18.9. The molecule has 3 nitrogen and oxygen atoms in total. The number of hydrogen-bond donors (Lipinski definition) is 0. The van der Waals surface area contributed by atoms with Crippen LogP contribution >= 0.6 is 0 Å². The normalized spacial score (nSPS) is 15.0. The van der Waals surface area contributed by atoms with Gasteiger partial charge in [0.2, 0.25) is 0 Å². The number of hydrogen-bond acceptors (Lipinski definition) is 3. The summed E-state index contributed by atoms with van der Waals surface area (Å²) >= 11 is 0. The molecule has 1 fully saturated rings. The van der Waals surface area contributed by atoms with E-state index in [4.69, 9.17) is 14.2 Å². The van der Waals surface area contributed by atoms with Gasteiger partial charge >= 0.3 is 0 Å². The Morgan fingerprint density at radius 1 is 1.00 bits per heavy atom. The summed E-state index contributed by atoms with van der Waals surface area (Å²) in [6.45, 7) is 0.666. The van der Waals surface area contributed by atoms with Crippen LogP contribution in [0.15, 0.2) is 48.5 Å². The van der Waals surface area contributed by atoms with Crippen LogP contribution in [0.2, 0.25) is 0 Å². The van der Waals surface area contributed by atoms with Crippen molar-refractivity contribution in [3.05, 3.63) is 59.7 Å². The lowest BCUT2D eigenvalue weighted by Crippen LogP contribution is -2.12. The predicted molar refractivity (Wildman–Crippen MR) is 108 cm³/mol. The second kappa shape index (κ2) is 10.0. The van der Waals surface area contributed by atoms with Gasteiger partial charge in [0.1, 0.15) is 0 Å². The highest BCUT2D eigenvalue weighted by Gasteiger charge is 2.20. The van der Waals surface area contributed by atoms with Gasteiger partial charge in [-0.15, -0.1) is 0 Å². The van der Waals surface area contributed by atoms with Crippen molar-refractivity contribution in [2.75, 3.05) is 20.8 Å². The second-order valence-electron chi connectivity index (χ2n) is 6.90. The third kappa shape index (κ3) is 5.52. The molecule has 0 radical (unpaired) electrons. The fourth-order valence-corrected chi connectivity index (χ4v) is 3.44. The molecule has 0 heterocycles. The number of rotatable bonds is 7. The van der Waals surface area contributed by atoms with Gasteiger partial charge in [-0.2, -0.15) is 0 Å². The van der Waals surface area contributed by atoms with E-state index >= 15 is 0 Å². The summed E-state index contributed by atoms with van der Waals surface area (Å²) in [6.07, 6.45) is 5.85. The first-order valence-electron chi connectivity index (χ1n) is 9.70. The molecule has 3 heteroatoms. The van der Waals surface area contributed by atoms with Crippen LogP contribution in [0.3, 0.4) is 0 Å². The van der Waals surface area contributed by atoms with Crippen molar-refractivity contribution in [3.8, 4) is 23.3 Å². The van der Waals surface area contributed by atoms with Crippen LogP contribution in [0, 0.1) is 11.8 Å². The molecule has 0 amide bonds. The standard InChI is InChI=1S/C24H28O3/c1-25-17-16-20(13-12-19-8-4-3-5-9-19)21-14-15-23(26-2)24(18-21)27-22-10-6-7-11-22/h3-5,8-9,14-15,18,20,22H,6-7,10-11,16-17H2,1-2H3. The monoisotopic (exact) mass is 364 g/mol. The van der Waals surface area contributed by atoms with Crippen LogP contribution < -0.4 is 9.47 Å². The van der Waals surface area contributed by atoms with E-state index in [2.05, 4.69) is 24.0 Å². The molecule has 3 rings (SSSR count). The predicted octanol–water partition coefficient (Wildman–Crippen LogP) is 5.19. The first-order valence-corrected chi connectivity index (χ1v) is 9.70. The zero-order valence-electron chi connectivity index (χ0n) is 16.2. The minimum absolute atomic E-state index is 0.0852. The Morgan fingerprint density at radius 2 is 1.78 bits per heavy atom. The van der Waals surface area contributed by atoms with Gasteiger partial charge in [0.05, 0.1) is 13.2 Å². The molecule has 1 aliphatic rings. The molecule has 0 aliphatic heterocycles. The van der Waals surface area contributed by atoms with Crippen molar-refractivity contribution in [2.45, 2.75) is 44.1 Å². The summed E-state index contributed by atoms with van der Waals surface area (Å²) in [5.41, 5.74) is 2.17. The largest absolute Gasteiger partial charge is 0.493 e. The average molecular weight is 364 g/mol. The fourth-order valence-electron chi connectivity index (χ4n) is 3.44. The molecule has 27 heavy (non-hydrogen) atoms. The van der Waals surface area contributed by atoms with Crippen molar-refractivity contribution < 1.29 is 14.2 Å². The van der Waals surface area contributed by atoms with Crippen LogP contribution in [0.5, 0.6) is 11.5 Å². The lowest BCUT2D eigenvalue weighted by Gasteiger charge is -2.18. The zero-order valence-corrected chi connectivity index (χ0v) is 16.2. The molecule has 1 unspecified atom stereocenters.